The maximum absolute atomic E-state index is 12.7. The summed E-state index contributed by atoms with van der Waals surface area (Å²) < 4.78 is 3.00. The first-order chi connectivity index (χ1) is 16.3. The minimum atomic E-state index is -0.372. The summed E-state index contributed by atoms with van der Waals surface area (Å²) in [4.78, 5) is 25.2. The van der Waals surface area contributed by atoms with Crippen LogP contribution in [0.2, 0.25) is 0 Å². The number of anilines is 1. The first-order valence-electron chi connectivity index (χ1n) is 10.9. The number of thioether (sulfide) groups is 1. The van der Waals surface area contributed by atoms with Crippen LogP contribution in [0.1, 0.15) is 54.5 Å². The van der Waals surface area contributed by atoms with E-state index in [9.17, 15) is 9.59 Å². The molecule has 178 valence electrons. The number of nitrogens with one attached hydrogen (secondary N) is 2. The van der Waals surface area contributed by atoms with Gasteiger partial charge < -0.3 is 15.2 Å². The average molecular weight is 590 g/mol. The first kappa shape index (κ1) is 26.0. The summed E-state index contributed by atoms with van der Waals surface area (Å²) in [5, 5.41) is 15.1. The van der Waals surface area contributed by atoms with Crippen LogP contribution in [0.5, 0.6) is 0 Å². The smallest absolute Gasteiger partial charge is 0.251 e. The SMILES string of the molecule is C=CCn1c(SCC(=O)Nc2ccc(I)cc2C(C)C)nnc1[C@H](C)NC(=O)c1ccccc1. The Balaban J connectivity index is 1.68. The minimum absolute atomic E-state index is 0.117. The molecule has 0 aliphatic carbocycles. The van der Waals surface area contributed by atoms with Crippen LogP contribution in [0.3, 0.4) is 0 Å². The number of allylic oxidation sites excluding steroid dienone is 1. The van der Waals surface area contributed by atoms with Crippen molar-refractivity contribution in [3.8, 4) is 0 Å². The van der Waals surface area contributed by atoms with Crippen molar-refractivity contribution < 1.29 is 9.59 Å². The number of benzene rings is 2. The van der Waals surface area contributed by atoms with E-state index in [1.54, 1.807) is 18.2 Å². The zero-order chi connectivity index (χ0) is 24.7. The largest absolute Gasteiger partial charge is 0.342 e. The Labute approximate surface area is 218 Å². The fourth-order valence-corrected chi connectivity index (χ4v) is 4.67. The predicted octanol–water partition coefficient (Wildman–Crippen LogP) is 5.41. The molecule has 1 heterocycles. The van der Waals surface area contributed by atoms with E-state index in [1.165, 1.54) is 11.8 Å². The number of carbonyl (C=O) groups is 2. The number of hydrogen-bond acceptors (Lipinski definition) is 5. The van der Waals surface area contributed by atoms with Crippen LogP contribution in [0.15, 0.2) is 66.3 Å². The van der Waals surface area contributed by atoms with E-state index in [0.717, 1.165) is 14.8 Å². The van der Waals surface area contributed by atoms with Gasteiger partial charge in [-0.05, 0) is 71.3 Å². The maximum atomic E-state index is 12.7. The van der Waals surface area contributed by atoms with E-state index in [4.69, 9.17) is 0 Å². The molecule has 2 aromatic carbocycles. The summed E-state index contributed by atoms with van der Waals surface area (Å²) in [6.07, 6.45) is 1.74. The highest BCUT2D eigenvalue weighted by Crippen LogP contribution is 2.27. The number of nitrogens with zero attached hydrogens (tertiary/aromatic N) is 3. The van der Waals surface area contributed by atoms with Crippen LogP contribution >= 0.6 is 34.4 Å². The van der Waals surface area contributed by atoms with Gasteiger partial charge in [0.05, 0.1) is 11.8 Å². The van der Waals surface area contributed by atoms with E-state index in [-0.39, 0.29) is 23.6 Å². The lowest BCUT2D eigenvalue weighted by molar-refractivity contribution is -0.113. The Morgan fingerprint density at radius 3 is 2.56 bits per heavy atom. The van der Waals surface area contributed by atoms with Gasteiger partial charge in [-0.1, -0.05) is 49.9 Å². The van der Waals surface area contributed by atoms with E-state index in [0.29, 0.717) is 29.0 Å². The summed E-state index contributed by atoms with van der Waals surface area (Å²) in [6, 6.07) is 14.7. The second-order valence-corrected chi connectivity index (χ2v) is 10.2. The molecule has 0 bridgehead atoms. The maximum Gasteiger partial charge on any atom is 0.251 e. The molecule has 2 amide bonds. The second kappa shape index (κ2) is 12.2. The molecule has 1 atom stereocenters. The van der Waals surface area contributed by atoms with Gasteiger partial charge in [-0.3, -0.25) is 9.59 Å². The molecule has 0 spiro atoms. The molecule has 9 heteroatoms. The molecule has 1 aromatic heterocycles. The Kier molecular flexibility index (Phi) is 9.28. The van der Waals surface area contributed by atoms with Gasteiger partial charge in [0.25, 0.3) is 5.91 Å². The Morgan fingerprint density at radius 1 is 1.15 bits per heavy atom. The normalized spacial score (nSPS) is 11.8. The van der Waals surface area contributed by atoms with Gasteiger partial charge in [0.2, 0.25) is 5.91 Å². The molecule has 3 aromatic rings. The van der Waals surface area contributed by atoms with Crippen molar-refractivity contribution in [2.75, 3.05) is 11.1 Å². The third-order valence-corrected chi connectivity index (χ3v) is 6.71. The summed E-state index contributed by atoms with van der Waals surface area (Å²) in [5.74, 6) is 0.778. The number of carbonyl (C=O) groups excluding carboxylic acids is 2. The van der Waals surface area contributed by atoms with Crippen molar-refractivity contribution in [3.63, 3.8) is 0 Å². The van der Waals surface area contributed by atoms with E-state index in [2.05, 4.69) is 69.9 Å². The van der Waals surface area contributed by atoms with Crippen molar-refractivity contribution in [2.24, 2.45) is 0 Å². The highest BCUT2D eigenvalue weighted by atomic mass is 127. The number of rotatable bonds is 10. The quantitative estimate of drug-likeness (QED) is 0.188. The third-order valence-electron chi connectivity index (χ3n) is 5.07. The molecule has 0 aliphatic heterocycles. The lowest BCUT2D eigenvalue weighted by atomic mass is 10.0. The standard InChI is InChI=1S/C25H28IN5O2S/c1-5-13-31-23(17(4)27-24(33)18-9-7-6-8-10-18)29-30-25(31)34-15-22(32)28-21-12-11-19(26)14-20(21)16(2)3/h5-12,14,16-17H,1,13,15H2,2-4H3,(H,27,33)(H,28,32)/t17-/m0/s1. The number of aromatic nitrogens is 3. The lowest BCUT2D eigenvalue weighted by Gasteiger charge is -2.16. The molecule has 0 aliphatic rings. The van der Waals surface area contributed by atoms with Crippen LogP contribution in [0.4, 0.5) is 5.69 Å². The Bertz CT molecular complexity index is 1160. The lowest BCUT2D eigenvalue weighted by Crippen LogP contribution is -2.28. The Hall–Kier alpha value is -2.66. The van der Waals surface area contributed by atoms with Crippen molar-refractivity contribution >= 4 is 51.9 Å². The van der Waals surface area contributed by atoms with Crippen LogP contribution in [0.25, 0.3) is 0 Å². The van der Waals surface area contributed by atoms with Crippen molar-refractivity contribution in [2.45, 2.75) is 44.4 Å². The zero-order valence-electron chi connectivity index (χ0n) is 19.4. The van der Waals surface area contributed by atoms with Gasteiger partial charge in [-0.15, -0.1) is 16.8 Å². The summed E-state index contributed by atoms with van der Waals surface area (Å²) >= 11 is 3.57. The number of amides is 2. The summed E-state index contributed by atoms with van der Waals surface area (Å²) in [5.41, 5.74) is 2.50. The van der Waals surface area contributed by atoms with Gasteiger partial charge in [-0.25, -0.2) is 0 Å². The number of hydrogen-bond donors (Lipinski definition) is 2. The highest BCUT2D eigenvalue weighted by Gasteiger charge is 2.20. The van der Waals surface area contributed by atoms with Gasteiger partial charge in [-0.2, -0.15) is 0 Å². The second-order valence-electron chi connectivity index (χ2n) is 8.02. The molecule has 0 saturated heterocycles. The fraction of sp³-hybridized carbons (Fsp3) is 0.280. The van der Waals surface area contributed by atoms with Crippen LogP contribution < -0.4 is 10.6 Å². The average Bonchev–Trinajstić information content (AvgIpc) is 3.22. The molecule has 0 unspecified atom stereocenters. The zero-order valence-corrected chi connectivity index (χ0v) is 22.4. The van der Waals surface area contributed by atoms with Crippen molar-refractivity contribution in [3.05, 3.63) is 81.7 Å². The van der Waals surface area contributed by atoms with Crippen LogP contribution in [-0.2, 0) is 11.3 Å². The predicted molar refractivity (Wildman–Crippen MR) is 145 cm³/mol. The third kappa shape index (κ3) is 6.69. The molecular weight excluding hydrogens is 561 g/mol. The van der Waals surface area contributed by atoms with E-state index >= 15 is 0 Å². The Morgan fingerprint density at radius 2 is 1.88 bits per heavy atom. The first-order valence-corrected chi connectivity index (χ1v) is 13.0. The fourth-order valence-electron chi connectivity index (χ4n) is 3.40. The molecular formula is C25H28IN5O2S. The van der Waals surface area contributed by atoms with E-state index < -0.39 is 0 Å². The topological polar surface area (TPSA) is 88.9 Å². The molecule has 2 N–H and O–H groups in total. The minimum Gasteiger partial charge on any atom is -0.342 e. The van der Waals surface area contributed by atoms with Gasteiger partial charge in [0.1, 0.15) is 0 Å². The molecule has 7 nitrogen and oxygen atoms in total. The van der Waals surface area contributed by atoms with Crippen molar-refractivity contribution in [1.82, 2.24) is 20.1 Å². The molecule has 34 heavy (non-hydrogen) atoms. The van der Waals surface area contributed by atoms with Gasteiger partial charge in [0, 0.05) is 21.4 Å². The van der Waals surface area contributed by atoms with E-state index in [1.807, 2.05) is 41.8 Å². The van der Waals surface area contributed by atoms with Gasteiger partial charge in [0.15, 0.2) is 11.0 Å². The molecule has 0 radical (unpaired) electrons. The molecule has 0 fully saturated rings. The van der Waals surface area contributed by atoms with Gasteiger partial charge >= 0.3 is 0 Å². The number of halogens is 1. The van der Waals surface area contributed by atoms with Crippen LogP contribution in [0, 0.1) is 3.57 Å². The van der Waals surface area contributed by atoms with Crippen LogP contribution in [-0.4, -0.2) is 32.3 Å². The summed E-state index contributed by atoms with van der Waals surface area (Å²) in [7, 11) is 0. The van der Waals surface area contributed by atoms with Crippen molar-refractivity contribution in [1.29, 1.82) is 0 Å². The monoisotopic (exact) mass is 589 g/mol. The highest BCUT2D eigenvalue weighted by molar-refractivity contribution is 14.1. The summed E-state index contributed by atoms with van der Waals surface area (Å²) in [6.45, 7) is 10.3. The molecule has 0 saturated carbocycles. The molecule has 3 rings (SSSR count).